The number of ether oxygens (including phenoxy) is 5. The van der Waals surface area contributed by atoms with Crippen LogP contribution in [0, 0.1) is 0 Å². The van der Waals surface area contributed by atoms with Crippen LogP contribution in [0.1, 0.15) is 27.7 Å². The Morgan fingerprint density at radius 1 is 0.792 bits per heavy atom. The van der Waals surface area contributed by atoms with Gasteiger partial charge in [-0.25, -0.2) is 0 Å². The van der Waals surface area contributed by atoms with Crippen LogP contribution in [0.25, 0.3) is 0 Å². The zero-order chi connectivity index (χ0) is 18.4. The summed E-state index contributed by atoms with van der Waals surface area (Å²) in [5.41, 5.74) is 0. The van der Waals surface area contributed by atoms with Crippen LogP contribution >= 0.6 is 15.9 Å². The monoisotopic (exact) mass is 410 g/mol. The topological polar surface area (TPSA) is 114 Å². The standard InChI is InChI=1S/C14H19BrO9/c1-6(16)20-5-10-11(21-7(2)17)12(22-8(3)18)13(14(15)24-10)23-9(4)19/h10-14H,5H2,1-4H3/t10?,11-,12-,13-,14?/m0/s1. The van der Waals surface area contributed by atoms with Gasteiger partial charge in [-0.1, -0.05) is 15.9 Å². The summed E-state index contributed by atoms with van der Waals surface area (Å²) in [5, 5.41) is -0.863. The molecule has 0 radical (unpaired) electrons. The maximum Gasteiger partial charge on any atom is 0.303 e. The number of rotatable bonds is 5. The Morgan fingerprint density at radius 3 is 1.71 bits per heavy atom. The van der Waals surface area contributed by atoms with Crippen LogP contribution in [0.5, 0.6) is 0 Å². The van der Waals surface area contributed by atoms with Crippen LogP contribution in [-0.4, -0.2) is 59.9 Å². The van der Waals surface area contributed by atoms with E-state index >= 15 is 0 Å². The van der Waals surface area contributed by atoms with Crippen molar-refractivity contribution < 1.29 is 42.9 Å². The minimum absolute atomic E-state index is 0.236. The molecule has 1 aliphatic rings. The molecule has 0 amide bonds. The molecule has 1 fully saturated rings. The van der Waals surface area contributed by atoms with E-state index in [1.807, 2.05) is 0 Å². The van der Waals surface area contributed by atoms with Gasteiger partial charge in [0.2, 0.25) is 0 Å². The van der Waals surface area contributed by atoms with Crippen molar-refractivity contribution in [2.24, 2.45) is 0 Å². The summed E-state index contributed by atoms with van der Waals surface area (Å²) in [7, 11) is 0. The molecule has 1 aliphatic heterocycles. The smallest absolute Gasteiger partial charge is 0.303 e. The second kappa shape index (κ2) is 8.97. The van der Waals surface area contributed by atoms with Crippen molar-refractivity contribution in [2.45, 2.75) is 57.1 Å². The molecule has 0 saturated carbocycles. The second-order valence-corrected chi connectivity index (χ2v) is 5.95. The molecule has 1 rings (SSSR count). The number of hydrogen-bond donors (Lipinski definition) is 0. The SMILES string of the molecule is CC(=O)OCC1OC(Br)[C@@H](OC(C)=O)[C@@H](OC(C)=O)[C@H]1OC(C)=O. The van der Waals surface area contributed by atoms with Crippen LogP contribution in [0.15, 0.2) is 0 Å². The fraction of sp³-hybridized carbons (Fsp3) is 0.714. The van der Waals surface area contributed by atoms with Gasteiger partial charge < -0.3 is 23.7 Å². The highest BCUT2D eigenvalue weighted by Crippen LogP contribution is 2.31. The van der Waals surface area contributed by atoms with Gasteiger partial charge in [0, 0.05) is 27.7 Å². The Balaban J connectivity index is 3.11. The minimum Gasteiger partial charge on any atom is -0.463 e. The third-order valence-corrected chi connectivity index (χ3v) is 3.67. The van der Waals surface area contributed by atoms with Crippen molar-refractivity contribution in [1.82, 2.24) is 0 Å². The van der Waals surface area contributed by atoms with Crippen molar-refractivity contribution >= 4 is 39.8 Å². The van der Waals surface area contributed by atoms with E-state index in [1.54, 1.807) is 0 Å². The molecule has 0 aromatic carbocycles. The summed E-state index contributed by atoms with van der Waals surface area (Å²) in [6.07, 6.45) is -4.22. The second-order valence-electron chi connectivity index (χ2n) is 5.05. The van der Waals surface area contributed by atoms with E-state index in [2.05, 4.69) is 15.9 Å². The van der Waals surface area contributed by atoms with Crippen molar-refractivity contribution in [3.05, 3.63) is 0 Å². The summed E-state index contributed by atoms with van der Waals surface area (Å²) in [4.78, 5) is 45.1. The van der Waals surface area contributed by atoms with Gasteiger partial charge in [0.1, 0.15) is 12.7 Å². The summed E-state index contributed by atoms with van der Waals surface area (Å²) in [5.74, 6) is -2.52. The van der Waals surface area contributed by atoms with Gasteiger partial charge in [-0.3, -0.25) is 19.2 Å². The lowest BCUT2D eigenvalue weighted by Crippen LogP contribution is -2.60. The quantitative estimate of drug-likeness (QED) is 0.362. The molecule has 5 atom stereocenters. The molecule has 2 unspecified atom stereocenters. The lowest BCUT2D eigenvalue weighted by Gasteiger charge is -2.42. The zero-order valence-corrected chi connectivity index (χ0v) is 15.2. The van der Waals surface area contributed by atoms with E-state index < -0.39 is 53.3 Å². The van der Waals surface area contributed by atoms with Gasteiger partial charge in [0.15, 0.2) is 23.3 Å². The fourth-order valence-corrected chi connectivity index (χ4v) is 2.86. The molecule has 1 saturated heterocycles. The van der Waals surface area contributed by atoms with Crippen molar-refractivity contribution in [2.75, 3.05) is 6.61 Å². The van der Waals surface area contributed by atoms with Crippen molar-refractivity contribution in [3.63, 3.8) is 0 Å². The van der Waals surface area contributed by atoms with Crippen LogP contribution < -0.4 is 0 Å². The lowest BCUT2D eigenvalue weighted by molar-refractivity contribution is -0.236. The fourth-order valence-electron chi connectivity index (χ4n) is 2.18. The Bertz CT molecular complexity index is 506. The van der Waals surface area contributed by atoms with Crippen LogP contribution in [0.2, 0.25) is 0 Å². The molecule has 9 nitrogen and oxygen atoms in total. The Morgan fingerprint density at radius 2 is 1.25 bits per heavy atom. The van der Waals surface area contributed by atoms with Crippen LogP contribution in [0.4, 0.5) is 0 Å². The van der Waals surface area contributed by atoms with Gasteiger partial charge in [0.05, 0.1) is 0 Å². The van der Waals surface area contributed by atoms with Gasteiger partial charge in [-0.2, -0.15) is 0 Å². The summed E-state index contributed by atoms with van der Waals surface area (Å²) in [6, 6.07) is 0. The third kappa shape index (κ3) is 6.08. The predicted molar refractivity (Wildman–Crippen MR) is 80.9 cm³/mol. The molecule has 0 N–H and O–H groups in total. The first-order valence-electron chi connectivity index (χ1n) is 7.06. The number of esters is 4. The highest BCUT2D eigenvalue weighted by molar-refractivity contribution is 9.09. The Labute approximate surface area is 147 Å². The Hall–Kier alpha value is -1.68. The molecule has 0 bridgehead atoms. The number of alkyl halides is 1. The molecule has 1 heterocycles. The van der Waals surface area contributed by atoms with Crippen molar-refractivity contribution in [3.8, 4) is 0 Å². The van der Waals surface area contributed by atoms with Gasteiger partial charge >= 0.3 is 23.9 Å². The molecule has 10 heteroatoms. The highest BCUT2D eigenvalue weighted by Gasteiger charge is 2.51. The minimum atomic E-state index is -1.13. The molecular formula is C14H19BrO9. The van der Waals surface area contributed by atoms with E-state index in [4.69, 9.17) is 23.7 Å². The number of halogens is 1. The van der Waals surface area contributed by atoms with Crippen molar-refractivity contribution in [1.29, 1.82) is 0 Å². The van der Waals surface area contributed by atoms with E-state index in [1.165, 1.54) is 13.8 Å². The van der Waals surface area contributed by atoms with Crippen LogP contribution in [0.3, 0.4) is 0 Å². The first-order valence-corrected chi connectivity index (χ1v) is 7.98. The largest absolute Gasteiger partial charge is 0.463 e. The Kier molecular flexibility index (Phi) is 7.61. The van der Waals surface area contributed by atoms with E-state index in [9.17, 15) is 19.2 Å². The highest BCUT2D eigenvalue weighted by atomic mass is 79.9. The van der Waals surface area contributed by atoms with E-state index in [0.29, 0.717) is 0 Å². The number of hydrogen-bond acceptors (Lipinski definition) is 9. The average Bonchev–Trinajstić information content (AvgIpc) is 2.42. The molecule has 24 heavy (non-hydrogen) atoms. The van der Waals surface area contributed by atoms with Gasteiger partial charge in [-0.05, 0) is 0 Å². The normalized spacial score (nSPS) is 29.3. The van der Waals surface area contributed by atoms with E-state index in [0.717, 1.165) is 13.8 Å². The molecule has 0 spiro atoms. The summed E-state index contributed by atoms with van der Waals surface area (Å²) < 4.78 is 25.9. The van der Waals surface area contributed by atoms with E-state index in [-0.39, 0.29) is 6.61 Å². The molecule has 136 valence electrons. The maximum absolute atomic E-state index is 11.4. The first-order chi connectivity index (χ1) is 11.1. The number of carbonyl (C=O) groups is 4. The first kappa shape index (κ1) is 20.4. The average molecular weight is 411 g/mol. The molecule has 0 aromatic rings. The maximum atomic E-state index is 11.4. The number of carbonyl (C=O) groups excluding carboxylic acids is 4. The van der Waals surface area contributed by atoms with Crippen LogP contribution in [-0.2, 0) is 42.9 Å². The lowest BCUT2D eigenvalue weighted by atomic mass is 9.99. The summed E-state index contributed by atoms with van der Waals surface area (Å²) in [6.45, 7) is 4.47. The molecular weight excluding hydrogens is 392 g/mol. The third-order valence-electron chi connectivity index (χ3n) is 2.93. The molecule has 0 aromatic heterocycles. The van der Waals surface area contributed by atoms with Gasteiger partial charge in [0.25, 0.3) is 0 Å². The van der Waals surface area contributed by atoms with Gasteiger partial charge in [-0.15, -0.1) is 0 Å². The summed E-state index contributed by atoms with van der Waals surface area (Å²) >= 11 is 3.18. The molecule has 0 aliphatic carbocycles. The zero-order valence-electron chi connectivity index (χ0n) is 13.6. The predicted octanol–water partition coefficient (Wildman–Crippen LogP) is 0.464.